The van der Waals surface area contributed by atoms with E-state index < -0.39 is 0 Å². The number of amidine groups is 1. The van der Waals surface area contributed by atoms with E-state index in [0.717, 1.165) is 23.8 Å². The highest BCUT2D eigenvalue weighted by atomic mass is 32.2. The Bertz CT molecular complexity index is 442. The van der Waals surface area contributed by atoms with Crippen LogP contribution >= 0.6 is 11.8 Å². The van der Waals surface area contributed by atoms with Crippen molar-refractivity contribution in [1.82, 2.24) is 0 Å². The number of para-hydroxylation sites is 1. The Kier molecular flexibility index (Phi) is 4.33. The zero-order chi connectivity index (χ0) is 13.0. The molecule has 0 saturated heterocycles. The second kappa shape index (κ2) is 5.79. The molecule has 1 aromatic carbocycles. The van der Waals surface area contributed by atoms with Crippen LogP contribution in [0.3, 0.4) is 0 Å². The van der Waals surface area contributed by atoms with Crippen molar-refractivity contribution in [1.29, 1.82) is 0 Å². The third-order valence-corrected chi connectivity index (χ3v) is 4.53. The van der Waals surface area contributed by atoms with Crippen LogP contribution in [-0.2, 0) is 6.42 Å². The van der Waals surface area contributed by atoms with Crippen molar-refractivity contribution < 1.29 is 0 Å². The number of aryl methyl sites for hydroxylation is 1. The number of aliphatic imine (C=N–C) groups is 1. The first-order chi connectivity index (χ1) is 8.67. The van der Waals surface area contributed by atoms with Crippen LogP contribution in [0.4, 0.5) is 5.69 Å². The van der Waals surface area contributed by atoms with E-state index in [2.05, 4.69) is 50.4 Å². The molecule has 1 aliphatic rings. The molecule has 0 aromatic heterocycles. The lowest BCUT2D eigenvalue weighted by molar-refractivity contribution is 0.443. The van der Waals surface area contributed by atoms with Gasteiger partial charge in [-0.25, -0.2) is 0 Å². The fourth-order valence-corrected chi connectivity index (χ4v) is 3.29. The summed E-state index contributed by atoms with van der Waals surface area (Å²) in [7, 11) is 0. The fraction of sp³-hybridized carbons (Fsp3) is 0.533. The molecule has 1 atom stereocenters. The first kappa shape index (κ1) is 13.5. The standard InChI is InChI=1S/C15H22N2S/c1-4-12-8-6-7-9-13(12)16-14-17-15(3,5-2)10-11-18-14/h6-9H,4-5,10-11H2,1-3H3,(H,16,17). The van der Waals surface area contributed by atoms with Gasteiger partial charge in [-0.1, -0.05) is 43.8 Å². The molecular weight excluding hydrogens is 240 g/mol. The fourth-order valence-electron chi connectivity index (χ4n) is 2.09. The van der Waals surface area contributed by atoms with Crippen molar-refractivity contribution >= 4 is 22.6 Å². The van der Waals surface area contributed by atoms with E-state index in [1.54, 1.807) is 0 Å². The lowest BCUT2D eigenvalue weighted by Crippen LogP contribution is -2.29. The number of hydrogen-bond acceptors (Lipinski definition) is 3. The predicted octanol–water partition coefficient (Wildman–Crippen LogP) is 4.32. The molecule has 1 N–H and O–H groups in total. The summed E-state index contributed by atoms with van der Waals surface area (Å²) >= 11 is 1.83. The third kappa shape index (κ3) is 3.08. The summed E-state index contributed by atoms with van der Waals surface area (Å²) < 4.78 is 0. The number of rotatable bonds is 3. The van der Waals surface area contributed by atoms with Gasteiger partial charge in [-0.15, -0.1) is 0 Å². The molecule has 3 heteroatoms. The minimum absolute atomic E-state index is 0.120. The molecule has 2 nitrogen and oxygen atoms in total. The average molecular weight is 262 g/mol. The summed E-state index contributed by atoms with van der Waals surface area (Å²) in [5.74, 6) is 1.16. The highest BCUT2D eigenvalue weighted by Crippen LogP contribution is 2.30. The number of nitrogens with one attached hydrogen (secondary N) is 1. The summed E-state index contributed by atoms with van der Waals surface area (Å²) in [6.07, 6.45) is 3.33. The lowest BCUT2D eigenvalue weighted by atomic mass is 9.97. The van der Waals surface area contributed by atoms with Gasteiger partial charge in [0.2, 0.25) is 0 Å². The maximum Gasteiger partial charge on any atom is 0.161 e. The van der Waals surface area contributed by atoms with Crippen molar-refractivity contribution in [3.8, 4) is 0 Å². The average Bonchev–Trinajstić information content (AvgIpc) is 2.39. The summed E-state index contributed by atoms with van der Waals surface area (Å²) in [6.45, 7) is 6.66. The van der Waals surface area contributed by atoms with E-state index in [4.69, 9.17) is 4.99 Å². The Balaban J connectivity index is 2.18. The van der Waals surface area contributed by atoms with Gasteiger partial charge >= 0.3 is 0 Å². The molecule has 0 aliphatic carbocycles. The van der Waals surface area contributed by atoms with Gasteiger partial charge in [-0.2, -0.15) is 0 Å². The van der Waals surface area contributed by atoms with Crippen LogP contribution in [0.15, 0.2) is 29.3 Å². The highest BCUT2D eigenvalue weighted by Gasteiger charge is 2.26. The van der Waals surface area contributed by atoms with E-state index in [1.807, 2.05) is 11.8 Å². The van der Waals surface area contributed by atoms with Crippen LogP contribution in [0.2, 0.25) is 0 Å². The van der Waals surface area contributed by atoms with Crippen LogP contribution < -0.4 is 5.32 Å². The lowest BCUT2D eigenvalue weighted by Gasteiger charge is -2.29. The molecule has 1 unspecified atom stereocenters. The normalized spacial score (nSPS) is 23.6. The number of nitrogens with zero attached hydrogens (tertiary/aromatic N) is 1. The van der Waals surface area contributed by atoms with E-state index >= 15 is 0 Å². The third-order valence-electron chi connectivity index (χ3n) is 3.65. The van der Waals surface area contributed by atoms with Crippen LogP contribution in [-0.4, -0.2) is 16.5 Å². The molecule has 0 saturated carbocycles. The van der Waals surface area contributed by atoms with Crippen LogP contribution in [0.25, 0.3) is 0 Å². The number of benzene rings is 1. The second-order valence-electron chi connectivity index (χ2n) is 5.00. The molecule has 98 valence electrons. The van der Waals surface area contributed by atoms with Gasteiger partial charge in [0, 0.05) is 11.4 Å². The number of anilines is 1. The largest absolute Gasteiger partial charge is 0.335 e. The molecule has 1 heterocycles. The van der Waals surface area contributed by atoms with Crippen molar-refractivity contribution in [3.05, 3.63) is 29.8 Å². The predicted molar refractivity (Wildman–Crippen MR) is 82.6 cm³/mol. The van der Waals surface area contributed by atoms with Gasteiger partial charge < -0.3 is 5.32 Å². The maximum absolute atomic E-state index is 4.87. The minimum Gasteiger partial charge on any atom is -0.335 e. The number of thioether (sulfide) groups is 1. The Labute approximate surface area is 114 Å². The molecular formula is C15H22N2S. The van der Waals surface area contributed by atoms with Gasteiger partial charge in [0.25, 0.3) is 0 Å². The van der Waals surface area contributed by atoms with Crippen LogP contribution in [0.5, 0.6) is 0 Å². The summed E-state index contributed by atoms with van der Waals surface area (Å²) in [5.41, 5.74) is 2.67. The molecule has 2 rings (SSSR count). The van der Waals surface area contributed by atoms with E-state index in [1.165, 1.54) is 17.7 Å². The zero-order valence-corrected chi connectivity index (χ0v) is 12.3. The van der Waals surface area contributed by atoms with Gasteiger partial charge in [0.15, 0.2) is 5.17 Å². The Morgan fingerprint density at radius 2 is 2.11 bits per heavy atom. The summed E-state index contributed by atoms with van der Waals surface area (Å²) in [4.78, 5) is 4.87. The molecule has 0 radical (unpaired) electrons. The van der Waals surface area contributed by atoms with Crippen LogP contribution in [0, 0.1) is 0 Å². The van der Waals surface area contributed by atoms with Crippen molar-refractivity contribution in [2.45, 2.75) is 45.6 Å². The molecule has 0 bridgehead atoms. The Morgan fingerprint density at radius 3 is 2.83 bits per heavy atom. The van der Waals surface area contributed by atoms with E-state index in [9.17, 15) is 0 Å². The topological polar surface area (TPSA) is 24.4 Å². The summed E-state index contributed by atoms with van der Waals surface area (Å²) in [5, 5.41) is 4.58. The van der Waals surface area contributed by atoms with Gasteiger partial charge in [-0.3, -0.25) is 4.99 Å². The molecule has 0 spiro atoms. The minimum atomic E-state index is 0.120. The highest BCUT2D eigenvalue weighted by molar-refractivity contribution is 8.14. The second-order valence-corrected chi connectivity index (χ2v) is 6.09. The smallest absolute Gasteiger partial charge is 0.161 e. The summed E-state index contributed by atoms with van der Waals surface area (Å²) in [6, 6.07) is 8.49. The zero-order valence-electron chi connectivity index (χ0n) is 11.5. The SMILES string of the molecule is CCc1ccccc1NC1=NC(C)(CC)CCS1. The molecule has 0 fully saturated rings. The molecule has 0 amide bonds. The van der Waals surface area contributed by atoms with Gasteiger partial charge in [0.05, 0.1) is 5.54 Å². The van der Waals surface area contributed by atoms with Crippen LogP contribution in [0.1, 0.15) is 39.2 Å². The molecule has 18 heavy (non-hydrogen) atoms. The Hall–Kier alpha value is -0.960. The van der Waals surface area contributed by atoms with E-state index in [-0.39, 0.29) is 5.54 Å². The monoisotopic (exact) mass is 262 g/mol. The Morgan fingerprint density at radius 1 is 1.33 bits per heavy atom. The van der Waals surface area contributed by atoms with Gasteiger partial charge in [0.1, 0.15) is 0 Å². The van der Waals surface area contributed by atoms with Crippen molar-refractivity contribution in [2.24, 2.45) is 4.99 Å². The molecule has 1 aliphatic heterocycles. The van der Waals surface area contributed by atoms with Crippen molar-refractivity contribution in [2.75, 3.05) is 11.1 Å². The van der Waals surface area contributed by atoms with E-state index in [0.29, 0.717) is 0 Å². The molecule has 1 aromatic rings. The first-order valence-corrected chi connectivity index (χ1v) is 7.73. The van der Waals surface area contributed by atoms with Crippen molar-refractivity contribution in [3.63, 3.8) is 0 Å². The quantitative estimate of drug-likeness (QED) is 0.877. The number of hydrogen-bond donors (Lipinski definition) is 1. The first-order valence-electron chi connectivity index (χ1n) is 6.74. The van der Waals surface area contributed by atoms with Gasteiger partial charge in [-0.05, 0) is 37.8 Å². The maximum atomic E-state index is 4.87.